The number of aliphatic imine (C=N–C) groups is 1. The molecule has 0 amide bonds. The van der Waals surface area contributed by atoms with Gasteiger partial charge in [0, 0.05) is 31.2 Å². The Hall–Kier alpha value is -3.39. The SMILES string of the molecule is [O-]C(=NC(Cc1cc(F)c2c(c1)OCCO2)CN1CCCC1)[C@@H]1CCN(c2ccc3cc(F)ccc3c2)C1. The molecular formula is C30H32F2N3O3-. The van der Waals surface area contributed by atoms with Gasteiger partial charge in [-0.1, -0.05) is 12.1 Å². The van der Waals surface area contributed by atoms with Crippen molar-refractivity contribution >= 4 is 22.4 Å². The zero-order chi connectivity index (χ0) is 26.1. The summed E-state index contributed by atoms with van der Waals surface area (Å²) in [6, 6.07) is 13.8. The Labute approximate surface area is 221 Å². The van der Waals surface area contributed by atoms with Gasteiger partial charge in [-0.2, -0.15) is 0 Å². The van der Waals surface area contributed by atoms with Crippen LogP contribution in [0.25, 0.3) is 10.8 Å². The maximum Gasteiger partial charge on any atom is 0.197 e. The fourth-order valence-electron chi connectivity index (χ4n) is 5.85. The van der Waals surface area contributed by atoms with Crippen LogP contribution in [0, 0.1) is 17.6 Å². The molecule has 2 fully saturated rings. The number of likely N-dealkylation sites (tertiary alicyclic amines) is 1. The van der Waals surface area contributed by atoms with Crippen LogP contribution in [0.2, 0.25) is 0 Å². The molecular weight excluding hydrogens is 488 g/mol. The van der Waals surface area contributed by atoms with Gasteiger partial charge in [0.25, 0.3) is 0 Å². The number of hydrogen-bond acceptors (Lipinski definition) is 6. The van der Waals surface area contributed by atoms with Crippen LogP contribution in [0.1, 0.15) is 24.8 Å². The molecule has 38 heavy (non-hydrogen) atoms. The second kappa shape index (κ2) is 10.8. The first-order valence-corrected chi connectivity index (χ1v) is 13.5. The first-order chi connectivity index (χ1) is 18.5. The number of rotatable bonds is 7. The zero-order valence-corrected chi connectivity index (χ0v) is 21.4. The molecule has 3 aliphatic heterocycles. The number of hydrogen-bond donors (Lipinski definition) is 0. The topological polar surface area (TPSA) is 60.4 Å². The van der Waals surface area contributed by atoms with Crippen LogP contribution < -0.4 is 19.5 Å². The smallest absolute Gasteiger partial charge is 0.197 e. The minimum atomic E-state index is -0.437. The Morgan fingerprint density at radius 2 is 1.76 bits per heavy atom. The summed E-state index contributed by atoms with van der Waals surface area (Å²) < 4.78 is 39.3. The summed E-state index contributed by atoms with van der Waals surface area (Å²) in [5.41, 5.74) is 1.79. The van der Waals surface area contributed by atoms with Crippen molar-refractivity contribution in [3.05, 3.63) is 65.7 Å². The lowest BCUT2D eigenvalue weighted by molar-refractivity contribution is -0.223. The van der Waals surface area contributed by atoms with Crippen molar-refractivity contribution in [1.82, 2.24) is 4.90 Å². The monoisotopic (exact) mass is 520 g/mol. The van der Waals surface area contributed by atoms with Gasteiger partial charge in [-0.25, -0.2) is 8.78 Å². The highest BCUT2D eigenvalue weighted by atomic mass is 19.1. The van der Waals surface area contributed by atoms with E-state index in [4.69, 9.17) is 14.5 Å². The third kappa shape index (κ3) is 5.41. The van der Waals surface area contributed by atoms with Crippen LogP contribution in [0.3, 0.4) is 0 Å². The molecule has 6 rings (SSSR count). The van der Waals surface area contributed by atoms with Gasteiger partial charge < -0.3 is 29.4 Å². The molecule has 6 nitrogen and oxygen atoms in total. The summed E-state index contributed by atoms with van der Waals surface area (Å²) in [6.45, 7) is 4.77. The fraction of sp³-hybridized carbons (Fsp3) is 0.433. The molecule has 0 N–H and O–H groups in total. The Morgan fingerprint density at radius 3 is 2.63 bits per heavy atom. The molecule has 0 spiro atoms. The van der Waals surface area contributed by atoms with E-state index in [1.165, 1.54) is 18.2 Å². The number of nitrogens with zero attached hydrogens (tertiary/aromatic N) is 3. The number of fused-ring (bicyclic) bond motifs is 2. The number of halogens is 2. The van der Waals surface area contributed by atoms with Crippen molar-refractivity contribution in [2.45, 2.75) is 31.7 Å². The van der Waals surface area contributed by atoms with Gasteiger partial charge in [0.1, 0.15) is 19.0 Å². The van der Waals surface area contributed by atoms with Gasteiger partial charge in [0.2, 0.25) is 0 Å². The van der Waals surface area contributed by atoms with E-state index in [9.17, 15) is 13.9 Å². The second-order valence-corrected chi connectivity index (χ2v) is 10.5. The highest BCUT2D eigenvalue weighted by Gasteiger charge is 2.25. The molecule has 0 aliphatic carbocycles. The van der Waals surface area contributed by atoms with Gasteiger partial charge in [0.15, 0.2) is 17.3 Å². The van der Waals surface area contributed by atoms with Crippen molar-refractivity contribution in [2.75, 3.05) is 50.8 Å². The van der Waals surface area contributed by atoms with E-state index in [1.54, 1.807) is 6.07 Å². The van der Waals surface area contributed by atoms with E-state index in [2.05, 4.69) is 9.80 Å². The minimum Gasteiger partial charge on any atom is -0.862 e. The summed E-state index contributed by atoms with van der Waals surface area (Å²) in [6.07, 6.45) is 3.50. The van der Waals surface area contributed by atoms with E-state index in [1.807, 2.05) is 24.3 Å². The molecule has 0 aromatic heterocycles. The van der Waals surface area contributed by atoms with Gasteiger partial charge >= 0.3 is 0 Å². The first-order valence-electron chi connectivity index (χ1n) is 13.5. The fourth-order valence-corrected chi connectivity index (χ4v) is 5.85. The molecule has 8 heteroatoms. The molecule has 1 unspecified atom stereocenters. The maximum absolute atomic E-state index is 14.7. The van der Waals surface area contributed by atoms with Crippen molar-refractivity contribution in [1.29, 1.82) is 0 Å². The summed E-state index contributed by atoms with van der Waals surface area (Å²) in [4.78, 5) is 9.25. The molecule has 2 atom stereocenters. The molecule has 3 aromatic rings. The largest absolute Gasteiger partial charge is 0.862 e. The molecule has 0 radical (unpaired) electrons. The molecule has 3 aromatic carbocycles. The van der Waals surface area contributed by atoms with E-state index in [0.717, 1.165) is 60.9 Å². The Morgan fingerprint density at radius 1 is 0.974 bits per heavy atom. The third-order valence-electron chi connectivity index (χ3n) is 7.79. The Kier molecular flexibility index (Phi) is 7.06. The summed E-state index contributed by atoms with van der Waals surface area (Å²) in [5.74, 6) is -0.375. The first kappa shape index (κ1) is 24.9. The van der Waals surface area contributed by atoms with Crippen LogP contribution in [0.5, 0.6) is 11.5 Å². The van der Waals surface area contributed by atoms with Gasteiger partial charge in [-0.15, -0.1) is 0 Å². The van der Waals surface area contributed by atoms with E-state index >= 15 is 0 Å². The predicted octanol–water partition coefficient (Wildman–Crippen LogP) is 4.18. The molecule has 2 saturated heterocycles. The maximum atomic E-state index is 14.7. The number of benzene rings is 3. The summed E-state index contributed by atoms with van der Waals surface area (Å²) in [5, 5.41) is 15.2. The average Bonchev–Trinajstić information content (AvgIpc) is 3.61. The highest BCUT2D eigenvalue weighted by Crippen LogP contribution is 2.35. The average molecular weight is 521 g/mol. The molecule has 3 heterocycles. The quantitative estimate of drug-likeness (QED) is 0.346. The van der Waals surface area contributed by atoms with Crippen molar-refractivity contribution in [3.8, 4) is 11.5 Å². The van der Waals surface area contributed by atoms with Crippen LogP contribution in [-0.2, 0) is 6.42 Å². The lowest BCUT2D eigenvalue weighted by atomic mass is 10.0. The van der Waals surface area contributed by atoms with Crippen LogP contribution >= 0.6 is 0 Å². The molecule has 200 valence electrons. The summed E-state index contributed by atoms with van der Waals surface area (Å²) >= 11 is 0. The summed E-state index contributed by atoms with van der Waals surface area (Å²) in [7, 11) is 0. The van der Waals surface area contributed by atoms with Crippen LogP contribution in [0.4, 0.5) is 14.5 Å². The highest BCUT2D eigenvalue weighted by molar-refractivity contribution is 5.86. The van der Waals surface area contributed by atoms with Gasteiger partial charge in [-0.3, -0.25) is 0 Å². The Bertz CT molecular complexity index is 1340. The third-order valence-corrected chi connectivity index (χ3v) is 7.79. The lowest BCUT2D eigenvalue weighted by Crippen LogP contribution is -2.36. The molecule has 3 aliphatic rings. The zero-order valence-electron chi connectivity index (χ0n) is 21.4. The van der Waals surface area contributed by atoms with E-state index in [-0.39, 0.29) is 29.4 Å². The van der Waals surface area contributed by atoms with Crippen molar-refractivity contribution in [3.63, 3.8) is 0 Å². The standard InChI is InChI=1S/C30H33F2N3O3/c31-24-5-3-22-17-26(6-4-21(22)16-24)35-10-7-23(18-35)30(36)33-25(19-34-8-1-2-9-34)13-20-14-27(32)29-28(15-20)37-11-12-38-29/h3-6,14-17,23,25H,1-2,7-13,18-19H2,(H,33,36)/p-1/t23-,25?/m1/s1. The van der Waals surface area contributed by atoms with E-state index < -0.39 is 5.82 Å². The van der Waals surface area contributed by atoms with E-state index in [0.29, 0.717) is 38.5 Å². The van der Waals surface area contributed by atoms with Crippen LogP contribution in [-0.4, -0.2) is 62.8 Å². The van der Waals surface area contributed by atoms with Crippen LogP contribution in [0.15, 0.2) is 53.5 Å². The second-order valence-electron chi connectivity index (χ2n) is 10.5. The number of ether oxygens (including phenoxy) is 2. The minimum absolute atomic E-state index is 0.0856. The van der Waals surface area contributed by atoms with Gasteiger partial charge in [0.05, 0.1) is 6.04 Å². The number of anilines is 1. The predicted molar refractivity (Wildman–Crippen MR) is 142 cm³/mol. The lowest BCUT2D eigenvalue weighted by Gasteiger charge is -2.27. The van der Waals surface area contributed by atoms with Crippen molar-refractivity contribution < 1.29 is 23.4 Å². The van der Waals surface area contributed by atoms with Gasteiger partial charge in [-0.05, 0) is 97.4 Å². The molecule has 0 bridgehead atoms. The normalized spacial score (nSPS) is 20.8. The Balaban J connectivity index is 1.18. The van der Waals surface area contributed by atoms with Crippen molar-refractivity contribution in [2.24, 2.45) is 10.9 Å². The molecule has 0 saturated carbocycles.